The standard InChI is InChI=1S/C27H33BrN2O5S/c1-6-10-29(19-12-15(3)8-9-16(19)4)25(33)23-27-13-18(28)22(36-27)20(26(34)35-11-7-2)21(27)24(32)30(23)17(5)14-31/h6-9,12,17-18,20-23,31H,1-2,10-11,13-14H2,3-5H3/t17-,18?,20-,21+,22-,23?,27?/m1/s1. The molecule has 1 N–H and O–H groups in total. The summed E-state index contributed by atoms with van der Waals surface area (Å²) < 4.78 is 4.60. The van der Waals surface area contributed by atoms with Gasteiger partial charge in [-0.1, -0.05) is 46.8 Å². The molecular formula is C27H33BrN2O5S. The molecule has 0 aromatic heterocycles. The zero-order valence-electron chi connectivity index (χ0n) is 20.9. The fraction of sp³-hybridized carbons (Fsp3) is 0.519. The summed E-state index contributed by atoms with van der Waals surface area (Å²) in [4.78, 5) is 44.8. The molecule has 9 heteroatoms. The topological polar surface area (TPSA) is 87.2 Å². The van der Waals surface area contributed by atoms with Gasteiger partial charge in [0.05, 0.1) is 29.2 Å². The van der Waals surface area contributed by atoms with E-state index in [4.69, 9.17) is 4.74 Å². The number of ether oxygens (including phenoxy) is 1. The Kier molecular flexibility index (Phi) is 7.74. The summed E-state index contributed by atoms with van der Waals surface area (Å²) in [5.41, 5.74) is 2.71. The van der Waals surface area contributed by atoms with Gasteiger partial charge in [0.25, 0.3) is 5.91 Å². The number of carbonyl (C=O) groups excluding carboxylic acids is 3. The van der Waals surface area contributed by atoms with Crippen molar-refractivity contribution in [1.82, 2.24) is 4.90 Å². The van der Waals surface area contributed by atoms with E-state index in [1.165, 1.54) is 11.0 Å². The molecule has 1 spiro atoms. The highest BCUT2D eigenvalue weighted by molar-refractivity contribution is 9.09. The second-order valence-electron chi connectivity index (χ2n) is 9.89. The van der Waals surface area contributed by atoms with Gasteiger partial charge in [0.15, 0.2) is 0 Å². The van der Waals surface area contributed by atoms with Crippen LogP contribution in [0.3, 0.4) is 0 Å². The van der Waals surface area contributed by atoms with Gasteiger partial charge in [-0.05, 0) is 44.4 Å². The number of amides is 2. The quantitative estimate of drug-likeness (QED) is 0.275. The summed E-state index contributed by atoms with van der Waals surface area (Å²) in [5.74, 6) is -2.33. The van der Waals surface area contributed by atoms with Crippen molar-refractivity contribution in [3.05, 3.63) is 54.6 Å². The smallest absolute Gasteiger partial charge is 0.311 e. The lowest BCUT2D eigenvalue weighted by atomic mass is 9.71. The predicted octanol–water partition coefficient (Wildman–Crippen LogP) is 3.40. The van der Waals surface area contributed by atoms with Gasteiger partial charge in [0.2, 0.25) is 5.91 Å². The molecule has 3 saturated heterocycles. The van der Waals surface area contributed by atoms with Crippen LogP contribution < -0.4 is 4.90 Å². The van der Waals surface area contributed by atoms with E-state index >= 15 is 0 Å². The number of likely N-dealkylation sites (tertiary alicyclic amines) is 1. The number of aryl methyl sites for hydroxylation is 2. The number of rotatable bonds is 9. The number of esters is 1. The summed E-state index contributed by atoms with van der Waals surface area (Å²) in [6.07, 6.45) is 3.73. The van der Waals surface area contributed by atoms with E-state index in [0.29, 0.717) is 6.42 Å². The number of fused-ring (bicyclic) bond motifs is 1. The van der Waals surface area contributed by atoms with E-state index in [0.717, 1.165) is 16.8 Å². The van der Waals surface area contributed by atoms with Crippen LogP contribution in [-0.4, -0.2) is 74.5 Å². The Bertz CT molecular complexity index is 1100. The van der Waals surface area contributed by atoms with Gasteiger partial charge in [0, 0.05) is 22.3 Å². The molecule has 7 atom stereocenters. The third-order valence-electron chi connectivity index (χ3n) is 7.55. The Balaban J connectivity index is 1.83. The summed E-state index contributed by atoms with van der Waals surface area (Å²) >= 11 is 5.29. The van der Waals surface area contributed by atoms with Crippen molar-refractivity contribution >= 4 is 51.2 Å². The molecule has 0 radical (unpaired) electrons. The Morgan fingerprint density at radius 1 is 1.36 bits per heavy atom. The fourth-order valence-corrected chi connectivity index (χ4v) is 9.59. The van der Waals surface area contributed by atoms with Gasteiger partial charge in [-0.2, -0.15) is 0 Å². The zero-order chi connectivity index (χ0) is 26.4. The second kappa shape index (κ2) is 10.3. The molecule has 4 rings (SSSR count). The normalized spacial score (nSPS) is 31.2. The Labute approximate surface area is 225 Å². The first kappa shape index (κ1) is 26.9. The molecule has 7 nitrogen and oxygen atoms in total. The third-order valence-corrected chi connectivity index (χ3v) is 10.8. The number of carbonyl (C=O) groups is 3. The van der Waals surface area contributed by atoms with Crippen molar-refractivity contribution < 1.29 is 24.2 Å². The van der Waals surface area contributed by atoms with Gasteiger partial charge < -0.3 is 19.6 Å². The number of benzene rings is 1. The van der Waals surface area contributed by atoms with Crippen molar-refractivity contribution in [2.24, 2.45) is 11.8 Å². The van der Waals surface area contributed by atoms with E-state index in [1.54, 1.807) is 29.7 Å². The maximum Gasteiger partial charge on any atom is 0.311 e. The number of hydrogen-bond donors (Lipinski definition) is 1. The minimum absolute atomic E-state index is 0.0546. The van der Waals surface area contributed by atoms with Gasteiger partial charge in [0.1, 0.15) is 12.6 Å². The van der Waals surface area contributed by atoms with Crippen molar-refractivity contribution in [2.45, 2.75) is 54.1 Å². The fourth-order valence-electron chi connectivity index (χ4n) is 6.01. The number of aliphatic hydroxyl groups is 1. The van der Waals surface area contributed by atoms with Crippen LogP contribution in [0.15, 0.2) is 43.5 Å². The first-order valence-corrected chi connectivity index (χ1v) is 13.9. The van der Waals surface area contributed by atoms with Crippen LogP contribution in [0.5, 0.6) is 0 Å². The average molecular weight is 578 g/mol. The maximum atomic E-state index is 14.5. The van der Waals surface area contributed by atoms with Gasteiger partial charge in [-0.15, -0.1) is 18.3 Å². The highest BCUT2D eigenvalue weighted by Crippen LogP contribution is 2.68. The molecule has 3 unspecified atom stereocenters. The second-order valence-corrected chi connectivity index (χ2v) is 12.6. The first-order valence-electron chi connectivity index (χ1n) is 12.1. The average Bonchev–Trinajstić information content (AvgIpc) is 3.45. The minimum atomic E-state index is -0.843. The van der Waals surface area contributed by atoms with Crippen LogP contribution in [0.1, 0.15) is 24.5 Å². The Morgan fingerprint density at radius 3 is 2.72 bits per heavy atom. The van der Waals surface area contributed by atoms with Crippen molar-refractivity contribution in [3.8, 4) is 0 Å². The predicted molar refractivity (Wildman–Crippen MR) is 145 cm³/mol. The monoisotopic (exact) mass is 576 g/mol. The lowest BCUT2D eigenvalue weighted by Crippen LogP contribution is -2.57. The first-order chi connectivity index (χ1) is 17.1. The molecule has 36 heavy (non-hydrogen) atoms. The van der Waals surface area contributed by atoms with Crippen molar-refractivity contribution in [3.63, 3.8) is 0 Å². The zero-order valence-corrected chi connectivity index (χ0v) is 23.3. The number of anilines is 1. The number of hydrogen-bond acceptors (Lipinski definition) is 6. The molecule has 1 aromatic rings. The Morgan fingerprint density at radius 2 is 2.08 bits per heavy atom. The van der Waals surface area contributed by atoms with Crippen molar-refractivity contribution in [1.29, 1.82) is 0 Å². The third kappa shape index (κ3) is 4.13. The highest BCUT2D eigenvalue weighted by atomic mass is 79.9. The molecule has 0 aliphatic carbocycles. The minimum Gasteiger partial charge on any atom is -0.461 e. The van der Waals surface area contributed by atoms with E-state index in [1.807, 2.05) is 32.0 Å². The summed E-state index contributed by atoms with van der Waals surface area (Å²) in [5, 5.41) is 9.88. The van der Waals surface area contributed by atoms with Gasteiger partial charge in [-0.25, -0.2) is 0 Å². The molecule has 194 valence electrons. The van der Waals surface area contributed by atoms with Crippen LogP contribution in [0.2, 0.25) is 0 Å². The Hall–Kier alpha value is -2.10. The molecule has 3 aliphatic rings. The van der Waals surface area contributed by atoms with Crippen LogP contribution in [0.4, 0.5) is 5.69 Å². The largest absolute Gasteiger partial charge is 0.461 e. The van der Waals surface area contributed by atoms with Crippen LogP contribution >= 0.6 is 27.7 Å². The highest BCUT2D eigenvalue weighted by Gasteiger charge is 2.76. The van der Waals surface area contributed by atoms with Crippen LogP contribution in [-0.2, 0) is 19.1 Å². The number of aliphatic hydroxyl groups excluding tert-OH is 1. The number of nitrogens with zero attached hydrogens (tertiary/aromatic N) is 2. The van der Waals surface area contributed by atoms with Crippen LogP contribution in [0, 0.1) is 25.7 Å². The molecule has 3 heterocycles. The lowest BCUT2D eigenvalue weighted by molar-refractivity contribution is -0.153. The number of alkyl halides is 1. The summed E-state index contributed by atoms with van der Waals surface area (Å²) in [6.45, 7) is 13.2. The number of thioether (sulfide) groups is 1. The molecule has 3 aliphatic heterocycles. The molecule has 1 aromatic carbocycles. The molecule has 3 fully saturated rings. The number of halogens is 1. The van der Waals surface area contributed by atoms with E-state index in [-0.39, 0.29) is 41.6 Å². The van der Waals surface area contributed by atoms with Crippen LogP contribution in [0.25, 0.3) is 0 Å². The molecule has 0 saturated carbocycles. The molecule has 2 amide bonds. The molecule has 2 bridgehead atoms. The van der Waals surface area contributed by atoms with Crippen molar-refractivity contribution in [2.75, 3.05) is 24.7 Å². The SMILES string of the molecule is C=CCOC(=O)[C@H]1[C@@H]2SC3(CC2Br)C(C(=O)N(CC=C)c2cc(C)ccc2C)N([C@H](C)CO)C(=O)[C@H]13. The lowest BCUT2D eigenvalue weighted by Gasteiger charge is -2.39. The van der Waals surface area contributed by atoms with E-state index < -0.39 is 34.6 Å². The molecular weight excluding hydrogens is 544 g/mol. The van der Waals surface area contributed by atoms with E-state index in [9.17, 15) is 19.5 Å². The maximum absolute atomic E-state index is 14.5. The van der Waals surface area contributed by atoms with Gasteiger partial charge in [-0.3, -0.25) is 14.4 Å². The van der Waals surface area contributed by atoms with Gasteiger partial charge >= 0.3 is 5.97 Å². The summed E-state index contributed by atoms with van der Waals surface area (Å²) in [6, 6.07) is 4.49. The van der Waals surface area contributed by atoms with E-state index in [2.05, 4.69) is 29.1 Å². The summed E-state index contributed by atoms with van der Waals surface area (Å²) in [7, 11) is 0.